The van der Waals surface area contributed by atoms with Crippen molar-refractivity contribution in [2.24, 2.45) is 0 Å². The number of hydrogen-bond donors (Lipinski definition) is 0. The maximum atomic E-state index is 7.95. The molecule has 0 atom stereocenters. The van der Waals surface area contributed by atoms with E-state index in [4.69, 9.17) is 43.0 Å². The van der Waals surface area contributed by atoms with Gasteiger partial charge in [-0.3, -0.25) is 0 Å². The molecule has 0 fully saturated rings. The minimum absolute atomic E-state index is 0.545. The first-order valence-corrected chi connectivity index (χ1v) is 36.0. The molecule has 17 aromatic rings. The zero-order chi connectivity index (χ0) is 72.4. The Morgan fingerprint density at radius 1 is 0.185 bits per heavy atom. The summed E-state index contributed by atoms with van der Waals surface area (Å²) in [7, 11) is 0. The molecule has 0 aliphatic heterocycles. The molecular weight excluding hydrogens is 1310 g/mol. The Hall–Kier alpha value is -14.7. The van der Waals surface area contributed by atoms with Crippen LogP contribution in [0.3, 0.4) is 0 Å². The van der Waals surface area contributed by atoms with E-state index in [-0.39, 0.29) is 0 Å². The molecule has 0 spiro atoms. The van der Waals surface area contributed by atoms with E-state index in [2.05, 4.69) is 283 Å². The van der Waals surface area contributed by atoms with Gasteiger partial charge in [-0.15, -0.1) is 0 Å². The Balaban J connectivity index is 0.000000153. The number of benzene rings is 15. The highest BCUT2D eigenvalue weighted by Crippen LogP contribution is 2.60. The highest BCUT2D eigenvalue weighted by molar-refractivity contribution is 5.97. The van der Waals surface area contributed by atoms with Crippen molar-refractivity contribution in [2.45, 2.75) is 10.8 Å². The van der Waals surface area contributed by atoms with E-state index >= 15 is 0 Å². The van der Waals surface area contributed by atoms with E-state index < -0.39 is 10.8 Å². The number of rotatable bonds is 13. The van der Waals surface area contributed by atoms with Gasteiger partial charge in [0.2, 0.25) is 0 Å². The third kappa shape index (κ3) is 11.7. The van der Waals surface area contributed by atoms with Gasteiger partial charge in [0, 0.05) is 33.4 Å². The van der Waals surface area contributed by atoms with Crippen LogP contribution in [-0.2, 0) is 10.8 Å². The lowest BCUT2D eigenvalue weighted by Crippen LogP contribution is -2.28. The number of hydrogen-bond acceptors (Lipinski definition) is 6. The minimum atomic E-state index is -0.599. The summed E-state index contributed by atoms with van der Waals surface area (Å²) in [6.07, 6.45) is 0. The van der Waals surface area contributed by atoms with Gasteiger partial charge in [0.05, 0.1) is 24.0 Å². The highest BCUT2D eigenvalue weighted by atomic mass is 15.0. The molecule has 108 heavy (non-hydrogen) atoms. The first-order chi connectivity index (χ1) is 53.4. The molecule has 15 aromatic carbocycles. The molecule has 2 aromatic heterocycles. The topological polar surface area (TPSA) is 86.1 Å². The molecule has 0 bridgehead atoms. The van der Waals surface area contributed by atoms with Crippen molar-refractivity contribution in [3.05, 3.63) is 456 Å². The maximum Gasteiger partial charge on any atom is 0.187 e. The first-order valence-electron chi connectivity index (χ1n) is 36.0. The van der Waals surface area contributed by atoms with Crippen molar-refractivity contribution in [1.29, 1.82) is 0 Å². The van der Waals surface area contributed by atoms with Crippen molar-refractivity contribution >= 4 is 11.4 Å². The second kappa shape index (κ2) is 28.2. The first kappa shape index (κ1) is 65.3. The molecule has 0 unspecified atom stereocenters. The van der Waals surface area contributed by atoms with Crippen LogP contribution in [0.15, 0.2) is 388 Å². The van der Waals surface area contributed by atoms with E-state index in [0.29, 0.717) is 46.3 Å². The van der Waals surface area contributed by atoms with Gasteiger partial charge in [-0.05, 0) is 112 Å². The smallest absolute Gasteiger partial charge is 0.187 e. The molecule has 8 heteroatoms. The predicted octanol–water partition coefficient (Wildman–Crippen LogP) is 24.6. The average Bonchev–Trinajstić information content (AvgIpc) is 1.54. The van der Waals surface area contributed by atoms with Crippen molar-refractivity contribution in [3.8, 4) is 124 Å². The average molecular weight is 1380 g/mol. The summed E-state index contributed by atoms with van der Waals surface area (Å²) >= 11 is 0. The van der Waals surface area contributed by atoms with Gasteiger partial charge in [-0.2, -0.15) is 0 Å². The van der Waals surface area contributed by atoms with Crippen LogP contribution < -0.4 is 0 Å². The fourth-order valence-electron chi connectivity index (χ4n) is 15.9. The Bertz CT molecular complexity index is 6110. The SMILES string of the molecule is [C-]#[N+]c1ccc2c(c1)-c1ccc(-c3ccc(-c4nc(-c5ccccc5)nc(-c5ccccc5)n4)cc3)cc1C2(c1ccccc1)c1ccccc1.[C-]#[N+]c1ccc2c(c1)C(c1ccccc1)(c1ccccc1)c1cccc(-c3ccc(-c4nc(-c5ccccc5)nc(-c5ccc(-c6ccccc6)cc5)n4)cc3)c1-2. The molecule has 0 saturated carbocycles. The molecule has 2 aliphatic carbocycles. The van der Waals surface area contributed by atoms with Gasteiger partial charge in [-0.25, -0.2) is 39.6 Å². The molecule has 0 N–H and O–H groups in total. The van der Waals surface area contributed by atoms with Crippen LogP contribution in [0.25, 0.3) is 134 Å². The molecule has 2 aliphatic rings. The van der Waals surface area contributed by atoms with Gasteiger partial charge in [0.15, 0.2) is 46.3 Å². The summed E-state index contributed by atoms with van der Waals surface area (Å²) < 4.78 is 0. The molecule has 2 heterocycles. The van der Waals surface area contributed by atoms with Crippen LogP contribution in [0.4, 0.5) is 11.4 Å². The molecular formula is C100H64N8. The van der Waals surface area contributed by atoms with Crippen LogP contribution in [0.5, 0.6) is 0 Å². The van der Waals surface area contributed by atoms with Crippen molar-refractivity contribution < 1.29 is 0 Å². The number of nitrogens with zero attached hydrogens (tertiary/aromatic N) is 8. The van der Waals surface area contributed by atoms with Crippen LogP contribution in [-0.4, -0.2) is 29.9 Å². The molecule has 0 saturated heterocycles. The lowest BCUT2D eigenvalue weighted by atomic mass is 9.67. The summed E-state index contributed by atoms with van der Waals surface area (Å²) in [6.45, 7) is 15.7. The third-order valence-corrected chi connectivity index (χ3v) is 20.9. The van der Waals surface area contributed by atoms with Crippen molar-refractivity contribution in [1.82, 2.24) is 29.9 Å². The molecule has 0 radical (unpaired) electrons. The van der Waals surface area contributed by atoms with Crippen LogP contribution >= 0.6 is 0 Å². The number of aromatic nitrogens is 6. The van der Waals surface area contributed by atoms with Crippen LogP contribution in [0, 0.1) is 13.1 Å². The predicted molar refractivity (Wildman–Crippen MR) is 436 cm³/mol. The molecule has 8 nitrogen and oxygen atoms in total. The standard InChI is InChI=1S/C53H34N4.C47H30N4/c1-54-44-33-34-46-48(35-44)53(42-19-10-4-11-20-42,43-21-12-5-13-22-43)47-24-14-23-45(49(46)47)38-27-31-41(32-28-38)52-56-50(39-17-8-3-9-18-39)55-51(57-52)40-29-25-37(26-30-40)36-15-6-2-7-16-36;1-48-39-27-29-42-41(31-39)40-28-26-36(30-43(40)47(42,37-18-10-4-11-19-37)38-20-12-5-13-21-38)32-22-24-35(25-23-32)46-50-44(33-14-6-2-7-15-33)49-45(51-46)34-16-8-3-9-17-34/h2-35H;2-31H. The lowest BCUT2D eigenvalue weighted by Gasteiger charge is -2.34. The van der Waals surface area contributed by atoms with Gasteiger partial charge in [0.25, 0.3) is 0 Å². The maximum absolute atomic E-state index is 7.95. The van der Waals surface area contributed by atoms with Gasteiger partial charge < -0.3 is 0 Å². The normalized spacial score (nSPS) is 12.4. The zero-order valence-corrected chi connectivity index (χ0v) is 58.5. The summed E-state index contributed by atoms with van der Waals surface area (Å²) in [6, 6.07) is 135. The Morgan fingerprint density at radius 3 is 0.889 bits per heavy atom. The van der Waals surface area contributed by atoms with Gasteiger partial charge >= 0.3 is 0 Å². The quantitative estimate of drug-likeness (QED) is 0.107. The minimum Gasteiger partial charge on any atom is -0.238 e. The molecule has 0 amide bonds. The Kier molecular flexibility index (Phi) is 17.0. The summed E-state index contributed by atoms with van der Waals surface area (Å²) in [5.41, 5.74) is 26.4. The van der Waals surface area contributed by atoms with E-state index in [1.165, 1.54) is 44.5 Å². The van der Waals surface area contributed by atoms with Crippen LogP contribution in [0.1, 0.15) is 44.5 Å². The summed E-state index contributed by atoms with van der Waals surface area (Å²) in [4.78, 5) is 37.4. The number of fused-ring (bicyclic) bond motifs is 6. The summed E-state index contributed by atoms with van der Waals surface area (Å²) in [5.74, 6) is 3.77. The molecule has 504 valence electrons. The fourth-order valence-corrected chi connectivity index (χ4v) is 15.9. The highest BCUT2D eigenvalue weighted by Gasteiger charge is 2.48. The molecule has 19 rings (SSSR count). The largest absolute Gasteiger partial charge is 0.238 e. The van der Waals surface area contributed by atoms with Crippen molar-refractivity contribution in [3.63, 3.8) is 0 Å². The lowest BCUT2D eigenvalue weighted by molar-refractivity contribution is 0.769. The van der Waals surface area contributed by atoms with E-state index in [1.54, 1.807) is 0 Å². The zero-order valence-electron chi connectivity index (χ0n) is 58.5. The van der Waals surface area contributed by atoms with E-state index in [0.717, 1.165) is 89.0 Å². The van der Waals surface area contributed by atoms with E-state index in [1.807, 2.05) is 115 Å². The summed E-state index contributed by atoms with van der Waals surface area (Å²) in [5, 5.41) is 0. The fraction of sp³-hybridized carbons (Fsp3) is 0.0200. The third-order valence-electron chi connectivity index (χ3n) is 20.9. The second-order valence-corrected chi connectivity index (χ2v) is 26.9. The van der Waals surface area contributed by atoms with Gasteiger partial charge in [-0.1, -0.05) is 376 Å². The van der Waals surface area contributed by atoms with Gasteiger partial charge in [0.1, 0.15) is 0 Å². The Morgan fingerprint density at radius 2 is 0.481 bits per heavy atom. The van der Waals surface area contributed by atoms with Crippen molar-refractivity contribution in [2.75, 3.05) is 0 Å². The second-order valence-electron chi connectivity index (χ2n) is 26.9. The monoisotopic (exact) mass is 1380 g/mol. The Labute approximate surface area is 627 Å². The van der Waals surface area contributed by atoms with E-state index in [9.17, 15) is 0 Å². The van der Waals surface area contributed by atoms with Crippen LogP contribution in [0.2, 0.25) is 0 Å².